The Hall–Kier alpha value is -1.47. The summed E-state index contributed by atoms with van der Waals surface area (Å²) in [5.41, 5.74) is 0.931. The molecule has 0 aliphatic heterocycles. The van der Waals surface area contributed by atoms with Gasteiger partial charge in [-0.25, -0.2) is 4.79 Å². The van der Waals surface area contributed by atoms with E-state index in [0.717, 1.165) is 15.4 Å². The molecule has 1 atom stereocenters. The lowest BCUT2D eigenvalue weighted by molar-refractivity contribution is -0.141. The zero-order chi connectivity index (χ0) is 16.1. The lowest BCUT2D eigenvalue weighted by atomic mass is 10.2. The molecule has 5 nitrogen and oxygen atoms in total. The average molecular weight is 385 g/mol. The first-order valence-corrected chi connectivity index (χ1v) is 8.95. The Morgan fingerprint density at radius 1 is 1.41 bits per heavy atom. The van der Waals surface area contributed by atoms with Gasteiger partial charge in [-0.3, -0.25) is 4.79 Å². The Bertz CT molecular complexity index is 686. The smallest absolute Gasteiger partial charge is 0.326 e. The summed E-state index contributed by atoms with van der Waals surface area (Å²) >= 11 is 4.97. The molecule has 0 saturated heterocycles. The number of rotatable bonds is 7. The predicted octanol–water partition coefficient (Wildman–Crippen LogP) is 2.73. The fourth-order valence-electron chi connectivity index (χ4n) is 2.18. The van der Waals surface area contributed by atoms with Gasteiger partial charge in [0.05, 0.1) is 0 Å². The Labute approximate surface area is 141 Å². The van der Waals surface area contributed by atoms with Crippen LogP contribution in [-0.4, -0.2) is 39.6 Å². The first-order chi connectivity index (χ1) is 10.5. The molecule has 0 spiro atoms. The third kappa shape index (κ3) is 4.27. The van der Waals surface area contributed by atoms with Crippen molar-refractivity contribution < 1.29 is 14.7 Å². The Morgan fingerprint density at radius 3 is 2.86 bits per heavy atom. The van der Waals surface area contributed by atoms with Crippen LogP contribution in [0.1, 0.15) is 6.42 Å². The summed E-state index contributed by atoms with van der Waals surface area (Å²) in [5.74, 6) is -0.607. The molecule has 2 N–H and O–H groups in total. The number of halogens is 1. The van der Waals surface area contributed by atoms with Gasteiger partial charge < -0.3 is 15.0 Å². The summed E-state index contributed by atoms with van der Waals surface area (Å²) < 4.78 is 2.74. The van der Waals surface area contributed by atoms with Gasteiger partial charge >= 0.3 is 5.97 Å². The van der Waals surface area contributed by atoms with Crippen molar-refractivity contribution in [3.8, 4) is 0 Å². The molecule has 1 aromatic carbocycles. The molecule has 0 radical (unpaired) electrons. The number of carboxylic acids is 1. The molecule has 1 heterocycles. The van der Waals surface area contributed by atoms with Crippen LogP contribution in [0.2, 0.25) is 0 Å². The Kier molecular flexibility index (Phi) is 5.90. The highest BCUT2D eigenvalue weighted by atomic mass is 79.9. The number of thioether (sulfide) groups is 1. The highest BCUT2D eigenvalue weighted by Gasteiger charge is 2.19. The molecule has 1 unspecified atom stereocenters. The molecular weight excluding hydrogens is 368 g/mol. The van der Waals surface area contributed by atoms with Crippen molar-refractivity contribution in [1.82, 2.24) is 9.88 Å². The van der Waals surface area contributed by atoms with Crippen LogP contribution in [0.3, 0.4) is 0 Å². The van der Waals surface area contributed by atoms with Crippen molar-refractivity contribution in [2.45, 2.75) is 19.0 Å². The Balaban J connectivity index is 2.06. The summed E-state index contributed by atoms with van der Waals surface area (Å²) in [6, 6.07) is 6.93. The first kappa shape index (κ1) is 16.9. The number of aliphatic carboxylic acids is 1. The van der Waals surface area contributed by atoms with Gasteiger partial charge in [0, 0.05) is 16.2 Å². The number of aromatic nitrogens is 1. The molecule has 0 bridgehead atoms. The van der Waals surface area contributed by atoms with Gasteiger partial charge in [-0.2, -0.15) is 11.8 Å². The number of nitrogens with one attached hydrogen (secondary N) is 1. The van der Waals surface area contributed by atoms with Gasteiger partial charge in [-0.1, -0.05) is 22.0 Å². The van der Waals surface area contributed by atoms with Gasteiger partial charge in [-0.15, -0.1) is 0 Å². The van der Waals surface area contributed by atoms with E-state index in [1.807, 2.05) is 41.3 Å². The van der Waals surface area contributed by atoms with Crippen molar-refractivity contribution in [3.05, 3.63) is 34.9 Å². The minimum Gasteiger partial charge on any atom is -0.480 e. The second kappa shape index (κ2) is 7.69. The maximum atomic E-state index is 12.1. The van der Waals surface area contributed by atoms with E-state index in [0.29, 0.717) is 12.2 Å². The molecule has 1 amide bonds. The van der Waals surface area contributed by atoms with E-state index < -0.39 is 12.0 Å². The standard InChI is InChI=1S/C15H17BrN2O3S/c1-22-7-5-12(15(20)21)17-14(19)9-18-6-4-10-2-3-11(16)8-13(10)18/h2-4,6,8,12H,5,7,9H2,1H3,(H,17,19)(H,20,21). The normalized spacial score (nSPS) is 12.3. The monoisotopic (exact) mass is 384 g/mol. The van der Waals surface area contributed by atoms with Crippen LogP contribution in [0.4, 0.5) is 0 Å². The fraction of sp³-hybridized carbons (Fsp3) is 0.333. The predicted molar refractivity (Wildman–Crippen MR) is 92.2 cm³/mol. The van der Waals surface area contributed by atoms with E-state index in [1.54, 1.807) is 11.8 Å². The van der Waals surface area contributed by atoms with E-state index in [1.165, 1.54) is 0 Å². The fourth-order valence-corrected chi connectivity index (χ4v) is 3.00. The number of carbonyl (C=O) groups excluding carboxylic acids is 1. The van der Waals surface area contributed by atoms with Gasteiger partial charge in [0.15, 0.2) is 0 Å². The van der Waals surface area contributed by atoms with Gasteiger partial charge in [0.2, 0.25) is 5.91 Å². The lowest BCUT2D eigenvalue weighted by Gasteiger charge is -2.14. The van der Waals surface area contributed by atoms with Crippen molar-refractivity contribution >= 4 is 50.5 Å². The number of amides is 1. The minimum absolute atomic E-state index is 0.100. The van der Waals surface area contributed by atoms with E-state index in [9.17, 15) is 9.59 Å². The molecule has 0 aliphatic carbocycles. The van der Waals surface area contributed by atoms with E-state index >= 15 is 0 Å². The number of hydrogen-bond acceptors (Lipinski definition) is 3. The number of benzene rings is 1. The molecule has 2 aromatic rings. The molecule has 0 saturated carbocycles. The average Bonchev–Trinajstić information content (AvgIpc) is 2.85. The van der Waals surface area contributed by atoms with Crippen LogP contribution in [0.25, 0.3) is 10.9 Å². The van der Waals surface area contributed by atoms with E-state index in [-0.39, 0.29) is 12.5 Å². The second-order valence-corrected chi connectivity index (χ2v) is 6.79. The quantitative estimate of drug-likeness (QED) is 0.769. The number of hydrogen-bond donors (Lipinski definition) is 2. The van der Waals surface area contributed by atoms with Crippen LogP contribution < -0.4 is 5.32 Å². The van der Waals surface area contributed by atoms with Crippen molar-refractivity contribution in [2.75, 3.05) is 12.0 Å². The molecule has 1 aromatic heterocycles. The summed E-state index contributed by atoms with van der Waals surface area (Å²) in [7, 11) is 0. The van der Waals surface area contributed by atoms with Gasteiger partial charge in [-0.05, 0) is 42.0 Å². The third-order valence-corrected chi connectivity index (χ3v) is 4.43. The van der Waals surface area contributed by atoms with Crippen LogP contribution in [0, 0.1) is 0 Å². The highest BCUT2D eigenvalue weighted by molar-refractivity contribution is 9.10. The summed E-state index contributed by atoms with van der Waals surface area (Å²) in [4.78, 5) is 23.3. The summed E-state index contributed by atoms with van der Waals surface area (Å²) in [6.45, 7) is 0.100. The number of carboxylic acid groups (broad SMARTS) is 1. The third-order valence-electron chi connectivity index (χ3n) is 3.29. The summed E-state index contributed by atoms with van der Waals surface area (Å²) in [5, 5.41) is 12.8. The Morgan fingerprint density at radius 2 is 2.18 bits per heavy atom. The van der Waals surface area contributed by atoms with Crippen LogP contribution in [0.5, 0.6) is 0 Å². The van der Waals surface area contributed by atoms with E-state index in [4.69, 9.17) is 5.11 Å². The summed E-state index contributed by atoms with van der Waals surface area (Å²) in [6.07, 6.45) is 4.15. The van der Waals surface area contributed by atoms with Gasteiger partial charge in [0.1, 0.15) is 12.6 Å². The lowest BCUT2D eigenvalue weighted by Crippen LogP contribution is -2.42. The molecule has 0 aliphatic rings. The molecule has 2 rings (SSSR count). The molecular formula is C15H17BrN2O3S. The molecule has 7 heteroatoms. The number of nitrogens with zero attached hydrogens (tertiary/aromatic N) is 1. The number of carbonyl (C=O) groups is 2. The van der Waals surface area contributed by atoms with Crippen LogP contribution in [-0.2, 0) is 16.1 Å². The maximum Gasteiger partial charge on any atom is 0.326 e. The second-order valence-electron chi connectivity index (χ2n) is 4.89. The van der Waals surface area contributed by atoms with Gasteiger partial charge in [0.25, 0.3) is 0 Å². The first-order valence-electron chi connectivity index (χ1n) is 6.76. The van der Waals surface area contributed by atoms with Crippen molar-refractivity contribution in [1.29, 1.82) is 0 Å². The molecule has 118 valence electrons. The van der Waals surface area contributed by atoms with Crippen molar-refractivity contribution in [2.24, 2.45) is 0 Å². The van der Waals surface area contributed by atoms with E-state index in [2.05, 4.69) is 21.2 Å². The highest BCUT2D eigenvalue weighted by Crippen LogP contribution is 2.20. The maximum absolute atomic E-state index is 12.1. The minimum atomic E-state index is -0.998. The number of fused-ring (bicyclic) bond motifs is 1. The SMILES string of the molecule is CSCCC(NC(=O)Cn1ccc2ccc(Br)cc21)C(=O)O. The zero-order valence-electron chi connectivity index (χ0n) is 12.1. The molecule has 0 fully saturated rings. The largest absolute Gasteiger partial charge is 0.480 e. The van der Waals surface area contributed by atoms with Crippen molar-refractivity contribution in [3.63, 3.8) is 0 Å². The van der Waals surface area contributed by atoms with Crippen LogP contribution >= 0.6 is 27.7 Å². The van der Waals surface area contributed by atoms with Crippen LogP contribution in [0.15, 0.2) is 34.9 Å². The molecule has 22 heavy (non-hydrogen) atoms. The zero-order valence-corrected chi connectivity index (χ0v) is 14.5. The topological polar surface area (TPSA) is 71.3 Å².